The van der Waals surface area contributed by atoms with Gasteiger partial charge in [-0.25, -0.2) is 4.98 Å². The van der Waals surface area contributed by atoms with Crippen LogP contribution in [0.3, 0.4) is 0 Å². The average Bonchev–Trinajstić information content (AvgIpc) is 2.15. The third-order valence-electron chi connectivity index (χ3n) is 0.820. The fourth-order valence-corrected chi connectivity index (χ4v) is 0.538. The van der Waals surface area contributed by atoms with E-state index in [1.165, 1.54) is 0 Å². The number of H-pyrrole nitrogens is 1. The molecule has 0 unspecified atom stereocenters. The zero-order valence-electron chi connectivity index (χ0n) is 5.59. The molecule has 0 bridgehead atoms. The standard InChI is InChI=1S/C6H10N2O/c1-5(2)9-6-7-3-4-8-6/h3-5H,1-2H3,(H,7,8). The molecule has 3 heteroatoms. The van der Waals surface area contributed by atoms with Gasteiger partial charge in [-0.15, -0.1) is 0 Å². The summed E-state index contributed by atoms with van der Waals surface area (Å²) in [5.41, 5.74) is 0. The Balaban J connectivity index is 2.48. The molecule has 1 aromatic rings. The van der Waals surface area contributed by atoms with Crippen molar-refractivity contribution < 1.29 is 4.74 Å². The number of nitrogens with zero attached hydrogens (tertiary/aromatic N) is 1. The van der Waals surface area contributed by atoms with Crippen molar-refractivity contribution in [1.82, 2.24) is 9.97 Å². The Hall–Kier alpha value is -0.990. The molecule has 0 aliphatic rings. The molecular weight excluding hydrogens is 116 g/mol. The van der Waals surface area contributed by atoms with Crippen molar-refractivity contribution in [2.45, 2.75) is 20.0 Å². The normalized spacial score (nSPS) is 10.1. The Morgan fingerprint density at radius 2 is 2.44 bits per heavy atom. The van der Waals surface area contributed by atoms with E-state index >= 15 is 0 Å². The zero-order valence-corrected chi connectivity index (χ0v) is 5.59. The van der Waals surface area contributed by atoms with Crippen molar-refractivity contribution in [2.75, 3.05) is 0 Å². The summed E-state index contributed by atoms with van der Waals surface area (Å²) in [6.07, 6.45) is 3.59. The lowest BCUT2D eigenvalue weighted by Crippen LogP contribution is -2.06. The first-order valence-electron chi connectivity index (χ1n) is 2.95. The van der Waals surface area contributed by atoms with E-state index in [1.54, 1.807) is 12.4 Å². The number of nitrogens with one attached hydrogen (secondary N) is 1. The Kier molecular flexibility index (Phi) is 1.72. The van der Waals surface area contributed by atoms with Gasteiger partial charge in [0.25, 0.3) is 6.01 Å². The van der Waals surface area contributed by atoms with E-state index in [0.717, 1.165) is 0 Å². The van der Waals surface area contributed by atoms with Crippen molar-refractivity contribution in [2.24, 2.45) is 0 Å². The van der Waals surface area contributed by atoms with E-state index in [0.29, 0.717) is 6.01 Å². The minimum atomic E-state index is 0.191. The monoisotopic (exact) mass is 126 g/mol. The van der Waals surface area contributed by atoms with Gasteiger partial charge in [0, 0.05) is 12.4 Å². The highest BCUT2D eigenvalue weighted by atomic mass is 16.5. The van der Waals surface area contributed by atoms with Crippen LogP contribution in [0, 0.1) is 0 Å². The van der Waals surface area contributed by atoms with Crippen LogP contribution in [0.5, 0.6) is 6.01 Å². The van der Waals surface area contributed by atoms with E-state index in [2.05, 4.69) is 9.97 Å². The molecule has 0 atom stereocenters. The average molecular weight is 126 g/mol. The zero-order chi connectivity index (χ0) is 6.69. The lowest BCUT2D eigenvalue weighted by Gasteiger charge is -2.03. The van der Waals surface area contributed by atoms with Crippen LogP contribution < -0.4 is 4.74 Å². The van der Waals surface area contributed by atoms with E-state index in [9.17, 15) is 0 Å². The molecule has 50 valence electrons. The van der Waals surface area contributed by atoms with Gasteiger partial charge >= 0.3 is 0 Å². The summed E-state index contributed by atoms with van der Waals surface area (Å²) in [6.45, 7) is 3.92. The molecule has 0 aliphatic carbocycles. The van der Waals surface area contributed by atoms with Crippen molar-refractivity contribution >= 4 is 0 Å². The lowest BCUT2D eigenvalue weighted by atomic mass is 10.5. The van der Waals surface area contributed by atoms with Gasteiger partial charge in [0.2, 0.25) is 0 Å². The Morgan fingerprint density at radius 3 is 2.89 bits per heavy atom. The largest absolute Gasteiger partial charge is 0.462 e. The van der Waals surface area contributed by atoms with Crippen molar-refractivity contribution in [3.63, 3.8) is 0 Å². The number of ether oxygens (including phenoxy) is 1. The maximum Gasteiger partial charge on any atom is 0.293 e. The van der Waals surface area contributed by atoms with Crippen molar-refractivity contribution in [3.8, 4) is 6.01 Å². The second-order valence-electron chi connectivity index (χ2n) is 2.06. The quantitative estimate of drug-likeness (QED) is 0.646. The minimum absolute atomic E-state index is 0.191. The molecule has 0 amide bonds. The van der Waals surface area contributed by atoms with Gasteiger partial charge < -0.3 is 9.72 Å². The van der Waals surface area contributed by atoms with Crippen LogP contribution in [0.4, 0.5) is 0 Å². The fourth-order valence-electron chi connectivity index (χ4n) is 0.538. The number of imidazole rings is 1. The number of hydrogen-bond donors (Lipinski definition) is 1. The number of aromatic amines is 1. The van der Waals surface area contributed by atoms with E-state index < -0.39 is 0 Å². The number of hydrogen-bond acceptors (Lipinski definition) is 2. The molecule has 0 saturated heterocycles. The molecule has 3 nitrogen and oxygen atoms in total. The van der Waals surface area contributed by atoms with Crippen LogP contribution in [0.1, 0.15) is 13.8 Å². The maximum absolute atomic E-state index is 5.19. The topological polar surface area (TPSA) is 37.9 Å². The summed E-state index contributed by atoms with van der Waals surface area (Å²) in [5, 5.41) is 0. The first-order chi connectivity index (χ1) is 4.29. The molecule has 1 rings (SSSR count). The molecular formula is C6H10N2O. The molecule has 1 N–H and O–H groups in total. The second kappa shape index (κ2) is 2.53. The van der Waals surface area contributed by atoms with Crippen LogP contribution in [0.2, 0.25) is 0 Å². The van der Waals surface area contributed by atoms with Gasteiger partial charge in [-0.05, 0) is 13.8 Å². The van der Waals surface area contributed by atoms with Crippen LogP contribution in [0.15, 0.2) is 12.4 Å². The van der Waals surface area contributed by atoms with Gasteiger partial charge in [0.1, 0.15) is 0 Å². The summed E-state index contributed by atoms with van der Waals surface area (Å²) in [4.78, 5) is 6.71. The van der Waals surface area contributed by atoms with Crippen molar-refractivity contribution in [3.05, 3.63) is 12.4 Å². The third kappa shape index (κ3) is 1.76. The summed E-state index contributed by atoms with van der Waals surface area (Å²) < 4.78 is 5.19. The van der Waals surface area contributed by atoms with Gasteiger partial charge in [-0.2, -0.15) is 0 Å². The SMILES string of the molecule is CC(C)Oc1ncc[nH]1. The lowest BCUT2D eigenvalue weighted by molar-refractivity contribution is 0.224. The molecule has 0 radical (unpaired) electrons. The summed E-state index contributed by atoms with van der Waals surface area (Å²) in [5.74, 6) is 0. The highest BCUT2D eigenvalue weighted by Gasteiger charge is 1.95. The number of aromatic nitrogens is 2. The van der Waals surface area contributed by atoms with Crippen LogP contribution in [-0.2, 0) is 0 Å². The predicted octanol–water partition coefficient (Wildman–Crippen LogP) is 1.20. The maximum atomic E-state index is 5.19. The smallest absolute Gasteiger partial charge is 0.293 e. The third-order valence-corrected chi connectivity index (χ3v) is 0.820. The van der Waals surface area contributed by atoms with Gasteiger partial charge in [0.05, 0.1) is 6.10 Å². The van der Waals surface area contributed by atoms with Gasteiger partial charge in [0.15, 0.2) is 0 Å². The first kappa shape index (κ1) is 6.13. The highest BCUT2D eigenvalue weighted by molar-refractivity contribution is 4.92. The predicted molar refractivity (Wildman–Crippen MR) is 34.4 cm³/mol. The van der Waals surface area contributed by atoms with Crippen LogP contribution in [-0.4, -0.2) is 16.1 Å². The summed E-state index contributed by atoms with van der Waals surface area (Å²) in [6, 6.07) is 0.588. The fraction of sp³-hybridized carbons (Fsp3) is 0.500. The van der Waals surface area contributed by atoms with Gasteiger partial charge in [-0.1, -0.05) is 0 Å². The van der Waals surface area contributed by atoms with Crippen LogP contribution in [0.25, 0.3) is 0 Å². The summed E-state index contributed by atoms with van der Waals surface area (Å²) in [7, 11) is 0. The number of rotatable bonds is 2. The molecule has 9 heavy (non-hydrogen) atoms. The Labute approximate surface area is 54.1 Å². The Bertz CT molecular complexity index is 158. The van der Waals surface area contributed by atoms with E-state index in [1.807, 2.05) is 13.8 Å². The van der Waals surface area contributed by atoms with E-state index in [-0.39, 0.29) is 6.10 Å². The van der Waals surface area contributed by atoms with Gasteiger partial charge in [-0.3, -0.25) is 0 Å². The van der Waals surface area contributed by atoms with Crippen LogP contribution >= 0.6 is 0 Å². The molecule has 0 fully saturated rings. The molecule has 1 heterocycles. The molecule has 0 aromatic carbocycles. The van der Waals surface area contributed by atoms with Crippen molar-refractivity contribution in [1.29, 1.82) is 0 Å². The van der Waals surface area contributed by atoms with E-state index in [4.69, 9.17) is 4.74 Å². The first-order valence-corrected chi connectivity index (χ1v) is 2.95. The molecule has 1 aromatic heterocycles. The summed E-state index contributed by atoms with van der Waals surface area (Å²) >= 11 is 0. The molecule has 0 aliphatic heterocycles. The molecule has 0 spiro atoms. The second-order valence-corrected chi connectivity index (χ2v) is 2.06. The Morgan fingerprint density at radius 1 is 1.67 bits per heavy atom. The molecule has 0 saturated carbocycles. The highest BCUT2D eigenvalue weighted by Crippen LogP contribution is 2.00. The minimum Gasteiger partial charge on any atom is -0.462 e.